The highest BCUT2D eigenvalue weighted by Crippen LogP contribution is 2.23. The first kappa shape index (κ1) is 14.7. The number of hydrogen-bond donors (Lipinski definition) is 1. The molecule has 1 aliphatic rings. The van der Waals surface area contributed by atoms with Gasteiger partial charge in [0.2, 0.25) is 0 Å². The molecule has 1 heterocycles. The molecule has 0 bridgehead atoms. The highest BCUT2D eigenvalue weighted by Gasteiger charge is 2.34. The summed E-state index contributed by atoms with van der Waals surface area (Å²) in [6, 6.07) is 0. The zero-order valence-electron chi connectivity index (χ0n) is 9.24. The second kappa shape index (κ2) is 7.08. The van der Waals surface area contributed by atoms with Crippen LogP contribution >= 0.6 is 12.4 Å². The van der Waals surface area contributed by atoms with Crippen LogP contribution in [0.1, 0.15) is 19.3 Å². The lowest BCUT2D eigenvalue weighted by Crippen LogP contribution is -2.51. The van der Waals surface area contributed by atoms with Gasteiger partial charge in [-0.3, -0.25) is 4.90 Å². The number of terminal acetylenes is 1. The van der Waals surface area contributed by atoms with Gasteiger partial charge in [0.1, 0.15) is 5.60 Å². The number of hydrogen-bond acceptors (Lipinski definition) is 3. The number of halogens is 1. The highest BCUT2D eigenvalue weighted by molar-refractivity contribution is 5.85. The molecule has 3 nitrogen and oxygen atoms in total. The minimum atomic E-state index is -0.354. The van der Waals surface area contributed by atoms with E-state index in [0.717, 1.165) is 38.9 Å². The van der Waals surface area contributed by atoms with Crippen molar-refractivity contribution in [3.8, 4) is 12.3 Å². The summed E-state index contributed by atoms with van der Waals surface area (Å²) in [5.41, 5.74) is -0.354. The van der Waals surface area contributed by atoms with Crippen LogP contribution in [0.5, 0.6) is 0 Å². The van der Waals surface area contributed by atoms with E-state index in [1.807, 2.05) is 0 Å². The van der Waals surface area contributed by atoms with Crippen molar-refractivity contribution in [2.45, 2.75) is 24.9 Å². The Labute approximate surface area is 98.2 Å². The van der Waals surface area contributed by atoms with Crippen LogP contribution in [0, 0.1) is 12.3 Å². The quantitative estimate of drug-likeness (QED) is 0.733. The fourth-order valence-corrected chi connectivity index (χ4v) is 1.96. The molecule has 1 fully saturated rings. The standard InChI is InChI=1S/C11H19NO2.ClH/c1-3-4-7-12-8-5-6-11(9-12,10-13)14-2;/h1,13H,4-10H2,2H3;1H. The molecule has 0 amide bonds. The highest BCUT2D eigenvalue weighted by atomic mass is 35.5. The molecule has 4 heteroatoms. The Morgan fingerprint density at radius 1 is 1.60 bits per heavy atom. The maximum absolute atomic E-state index is 9.29. The first-order valence-electron chi connectivity index (χ1n) is 5.08. The lowest BCUT2D eigenvalue weighted by molar-refractivity contribution is -0.0946. The predicted molar refractivity (Wildman–Crippen MR) is 63.2 cm³/mol. The third-order valence-electron chi connectivity index (χ3n) is 2.91. The van der Waals surface area contributed by atoms with Gasteiger partial charge in [0, 0.05) is 26.6 Å². The molecule has 88 valence electrons. The lowest BCUT2D eigenvalue weighted by Gasteiger charge is -2.40. The SMILES string of the molecule is C#CCCN1CCCC(CO)(OC)C1.Cl. The maximum Gasteiger partial charge on any atom is 0.103 e. The van der Waals surface area contributed by atoms with E-state index >= 15 is 0 Å². The molecule has 1 atom stereocenters. The molecule has 0 aromatic rings. The van der Waals surface area contributed by atoms with Crippen LogP contribution in [0.2, 0.25) is 0 Å². The van der Waals surface area contributed by atoms with Crippen LogP contribution in [-0.4, -0.2) is 49.0 Å². The minimum absolute atomic E-state index is 0. The Hall–Kier alpha value is -0.270. The fourth-order valence-electron chi connectivity index (χ4n) is 1.96. The van der Waals surface area contributed by atoms with Gasteiger partial charge in [-0.25, -0.2) is 0 Å². The van der Waals surface area contributed by atoms with E-state index in [1.165, 1.54) is 0 Å². The largest absolute Gasteiger partial charge is 0.393 e. The number of nitrogens with zero attached hydrogens (tertiary/aromatic N) is 1. The van der Waals surface area contributed by atoms with Gasteiger partial charge < -0.3 is 9.84 Å². The first-order valence-corrected chi connectivity index (χ1v) is 5.08. The van der Waals surface area contributed by atoms with Crippen LogP contribution in [0.3, 0.4) is 0 Å². The summed E-state index contributed by atoms with van der Waals surface area (Å²) in [6.45, 7) is 2.85. The Morgan fingerprint density at radius 2 is 2.33 bits per heavy atom. The van der Waals surface area contributed by atoms with Crippen LogP contribution < -0.4 is 0 Å². The summed E-state index contributed by atoms with van der Waals surface area (Å²) < 4.78 is 5.39. The van der Waals surface area contributed by atoms with Crippen molar-refractivity contribution in [1.29, 1.82) is 0 Å². The third kappa shape index (κ3) is 4.00. The first-order chi connectivity index (χ1) is 6.76. The number of likely N-dealkylation sites (tertiary alicyclic amines) is 1. The molecule has 0 saturated carbocycles. The second-order valence-electron chi connectivity index (χ2n) is 3.88. The molecule has 0 aromatic heterocycles. The van der Waals surface area contributed by atoms with Gasteiger partial charge in [0.05, 0.1) is 6.61 Å². The van der Waals surface area contributed by atoms with Crippen molar-refractivity contribution in [3.05, 3.63) is 0 Å². The number of rotatable bonds is 4. The van der Waals surface area contributed by atoms with Crippen molar-refractivity contribution in [2.75, 3.05) is 33.4 Å². The zero-order valence-corrected chi connectivity index (χ0v) is 10.1. The zero-order chi connectivity index (χ0) is 10.4. The van der Waals surface area contributed by atoms with Crippen molar-refractivity contribution in [2.24, 2.45) is 0 Å². The van der Waals surface area contributed by atoms with E-state index in [4.69, 9.17) is 11.2 Å². The third-order valence-corrected chi connectivity index (χ3v) is 2.91. The van der Waals surface area contributed by atoms with E-state index in [-0.39, 0.29) is 24.6 Å². The molecular formula is C11H20ClNO2. The molecule has 0 aromatic carbocycles. The summed E-state index contributed by atoms with van der Waals surface area (Å²) in [5, 5.41) is 9.29. The van der Waals surface area contributed by atoms with Gasteiger partial charge in [-0.15, -0.1) is 24.8 Å². The number of piperidine rings is 1. The van der Waals surface area contributed by atoms with Crippen molar-refractivity contribution >= 4 is 12.4 Å². The fraction of sp³-hybridized carbons (Fsp3) is 0.818. The van der Waals surface area contributed by atoms with Crippen LogP contribution in [0.15, 0.2) is 0 Å². The second-order valence-corrected chi connectivity index (χ2v) is 3.88. The minimum Gasteiger partial charge on any atom is -0.393 e. The monoisotopic (exact) mass is 233 g/mol. The maximum atomic E-state index is 9.29. The van der Waals surface area contributed by atoms with Gasteiger partial charge in [-0.2, -0.15) is 0 Å². The predicted octanol–water partition coefficient (Wildman–Crippen LogP) is 0.905. The van der Waals surface area contributed by atoms with Gasteiger partial charge in [0.15, 0.2) is 0 Å². The van der Waals surface area contributed by atoms with Gasteiger partial charge in [-0.1, -0.05) is 0 Å². The molecule has 1 saturated heterocycles. The Bertz CT molecular complexity index is 211. The van der Waals surface area contributed by atoms with Crippen molar-refractivity contribution < 1.29 is 9.84 Å². The molecule has 1 rings (SSSR count). The van der Waals surface area contributed by atoms with Gasteiger partial charge >= 0.3 is 0 Å². The number of aliphatic hydroxyl groups is 1. The molecule has 0 spiro atoms. The Kier molecular flexibility index (Phi) is 6.95. The molecule has 1 aliphatic heterocycles. The van der Waals surface area contributed by atoms with E-state index in [1.54, 1.807) is 7.11 Å². The summed E-state index contributed by atoms with van der Waals surface area (Å²) in [5.74, 6) is 2.63. The van der Waals surface area contributed by atoms with Gasteiger partial charge in [-0.05, 0) is 19.4 Å². The van der Waals surface area contributed by atoms with Crippen LogP contribution in [0.25, 0.3) is 0 Å². The summed E-state index contributed by atoms with van der Waals surface area (Å²) in [4.78, 5) is 2.27. The van der Waals surface area contributed by atoms with E-state index in [2.05, 4.69) is 10.8 Å². The van der Waals surface area contributed by atoms with Crippen LogP contribution in [-0.2, 0) is 4.74 Å². The van der Waals surface area contributed by atoms with E-state index in [0.29, 0.717) is 0 Å². The summed E-state index contributed by atoms with van der Waals surface area (Å²) >= 11 is 0. The smallest absolute Gasteiger partial charge is 0.103 e. The topological polar surface area (TPSA) is 32.7 Å². The number of ether oxygens (including phenoxy) is 1. The Balaban J connectivity index is 0.00000196. The molecule has 1 N–H and O–H groups in total. The molecule has 0 aliphatic carbocycles. The average molecular weight is 234 g/mol. The van der Waals surface area contributed by atoms with Crippen molar-refractivity contribution in [1.82, 2.24) is 4.90 Å². The molecule has 15 heavy (non-hydrogen) atoms. The number of methoxy groups -OCH3 is 1. The van der Waals surface area contributed by atoms with Crippen LogP contribution in [0.4, 0.5) is 0 Å². The average Bonchev–Trinajstić information content (AvgIpc) is 2.26. The van der Waals surface area contributed by atoms with Gasteiger partial charge in [0.25, 0.3) is 0 Å². The summed E-state index contributed by atoms with van der Waals surface area (Å²) in [6.07, 6.45) is 8.00. The molecule has 1 unspecified atom stereocenters. The van der Waals surface area contributed by atoms with E-state index < -0.39 is 0 Å². The normalized spacial score (nSPS) is 26.7. The Morgan fingerprint density at radius 3 is 2.87 bits per heavy atom. The summed E-state index contributed by atoms with van der Waals surface area (Å²) in [7, 11) is 1.67. The van der Waals surface area contributed by atoms with E-state index in [9.17, 15) is 5.11 Å². The molecular weight excluding hydrogens is 214 g/mol. The molecule has 0 radical (unpaired) electrons. The lowest BCUT2D eigenvalue weighted by atomic mass is 9.93. The number of aliphatic hydroxyl groups excluding tert-OH is 1. The van der Waals surface area contributed by atoms with Crippen molar-refractivity contribution in [3.63, 3.8) is 0 Å².